The first-order valence-electron chi connectivity index (χ1n) is 11.0. The van der Waals surface area contributed by atoms with Crippen LogP contribution in [-0.2, 0) is 0 Å². The first-order valence-corrected chi connectivity index (χ1v) is 17.6. The molecule has 0 fully saturated rings. The van der Waals surface area contributed by atoms with E-state index in [9.17, 15) is 0 Å². The third-order valence-electron chi connectivity index (χ3n) is 5.94. The van der Waals surface area contributed by atoms with Crippen LogP contribution in [0.15, 0.2) is 152 Å². The summed E-state index contributed by atoms with van der Waals surface area (Å²) < 4.78 is 3.02. The molecule has 0 bridgehead atoms. The van der Waals surface area contributed by atoms with E-state index in [1.54, 1.807) is 0 Å². The van der Waals surface area contributed by atoms with Crippen LogP contribution in [0.5, 0.6) is 0 Å². The molecule has 2 heteroatoms. The van der Waals surface area contributed by atoms with Crippen molar-refractivity contribution in [1.82, 2.24) is 0 Å². The standard InChI is InChI=1S/C30H25AsSi/c1-6-16-26(17-7-1)31(27-18-8-2-9-19-27)32(28-20-10-3-11-21-28,29-22-12-4-13-23-29)30-24-14-5-15-25-30/h1-25H. The number of hydrogen-bond donors (Lipinski definition) is 0. The van der Waals surface area contributed by atoms with Gasteiger partial charge in [-0.2, -0.15) is 0 Å². The molecule has 0 heterocycles. The Morgan fingerprint density at radius 3 is 0.844 bits per heavy atom. The summed E-state index contributed by atoms with van der Waals surface area (Å²) in [6.45, 7) is -2.39. The molecule has 5 aromatic carbocycles. The van der Waals surface area contributed by atoms with Gasteiger partial charge < -0.3 is 0 Å². The van der Waals surface area contributed by atoms with Crippen molar-refractivity contribution in [3.63, 3.8) is 0 Å². The van der Waals surface area contributed by atoms with Gasteiger partial charge in [0.25, 0.3) is 0 Å². The van der Waals surface area contributed by atoms with Crippen LogP contribution in [0.2, 0.25) is 0 Å². The van der Waals surface area contributed by atoms with E-state index in [1.807, 2.05) is 0 Å². The summed E-state index contributed by atoms with van der Waals surface area (Å²) >= 11 is -1.84. The van der Waals surface area contributed by atoms with Crippen LogP contribution < -0.4 is 24.3 Å². The van der Waals surface area contributed by atoms with E-state index in [0.29, 0.717) is 0 Å². The van der Waals surface area contributed by atoms with Crippen LogP contribution in [0.4, 0.5) is 0 Å². The Labute approximate surface area is 195 Å². The Morgan fingerprint density at radius 2 is 0.562 bits per heavy atom. The fraction of sp³-hybridized carbons (Fsp3) is 0. The SMILES string of the molecule is c1ccc([As](c2ccccc2)[Si](c2ccccc2)(c2ccccc2)c2ccccc2)cc1. The summed E-state index contributed by atoms with van der Waals surface area (Å²) in [5.74, 6) is 0. The van der Waals surface area contributed by atoms with E-state index in [0.717, 1.165) is 0 Å². The first kappa shape index (κ1) is 20.8. The van der Waals surface area contributed by atoms with Gasteiger partial charge >= 0.3 is 196 Å². The zero-order valence-electron chi connectivity index (χ0n) is 17.9. The predicted molar refractivity (Wildman–Crippen MR) is 142 cm³/mol. The molecule has 0 aliphatic carbocycles. The van der Waals surface area contributed by atoms with E-state index < -0.39 is 20.5 Å². The van der Waals surface area contributed by atoms with Gasteiger partial charge in [0.1, 0.15) is 0 Å². The zero-order valence-corrected chi connectivity index (χ0v) is 20.8. The van der Waals surface area contributed by atoms with Crippen LogP contribution in [0.1, 0.15) is 0 Å². The van der Waals surface area contributed by atoms with Crippen LogP contribution in [0, 0.1) is 0 Å². The molecular weight excluding hydrogens is 463 g/mol. The quantitative estimate of drug-likeness (QED) is 0.253. The molecule has 0 amide bonds. The minimum absolute atomic E-state index is 1.49. The van der Waals surface area contributed by atoms with Crippen LogP contribution in [-0.4, -0.2) is 20.5 Å². The average Bonchev–Trinajstić information content (AvgIpc) is 2.90. The number of benzene rings is 5. The van der Waals surface area contributed by atoms with Crippen molar-refractivity contribution in [3.8, 4) is 0 Å². The van der Waals surface area contributed by atoms with Crippen molar-refractivity contribution in [2.24, 2.45) is 0 Å². The summed E-state index contributed by atoms with van der Waals surface area (Å²) in [4.78, 5) is 0. The summed E-state index contributed by atoms with van der Waals surface area (Å²) in [6.07, 6.45) is 0. The van der Waals surface area contributed by atoms with Crippen LogP contribution >= 0.6 is 0 Å². The van der Waals surface area contributed by atoms with Crippen molar-refractivity contribution < 1.29 is 0 Å². The van der Waals surface area contributed by atoms with E-state index in [1.165, 1.54) is 24.3 Å². The van der Waals surface area contributed by atoms with Crippen molar-refractivity contribution in [2.45, 2.75) is 0 Å². The van der Waals surface area contributed by atoms with Gasteiger partial charge in [0.2, 0.25) is 0 Å². The second-order valence-corrected chi connectivity index (χ2v) is 21.1. The van der Waals surface area contributed by atoms with Gasteiger partial charge in [0.05, 0.1) is 0 Å². The normalized spacial score (nSPS) is 11.4. The summed E-state index contributed by atoms with van der Waals surface area (Å²) in [5.41, 5.74) is 0. The summed E-state index contributed by atoms with van der Waals surface area (Å²) in [6, 6.07) is 56.5. The van der Waals surface area contributed by atoms with Crippen LogP contribution in [0.3, 0.4) is 0 Å². The Hall–Kier alpha value is -3.12. The molecule has 0 saturated carbocycles. The Balaban J connectivity index is 1.94. The molecule has 0 N–H and O–H groups in total. The van der Waals surface area contributed by atoms with Gasteiger partial charge in [0.15, 0.2) is 0 Å². The van der Waals surface area contributed by atoms with Crippen molar-refractivity contribution in [1.29, 1.82) is 0 Å². The molecule has 0 unspecified atom stereocenters. The second-order valence-electron chi connectivity index (χ2n) is 7.81. The maximum atomic E-state index is 2.37. The molecule has 0 aliphatic rings. The van der Waals surface area contributed by atoms with Gasteiger partial charge in [-0.1, -0.05) is 0 Å². The van der Waals surface area contributed by atoms with Crippen molar-refractivity contribution >= 4 is 44.8 Å². The molecule has 5 rings (SSSR count). The van der Waals surface area contributed by atoms with E-state index in [-0.39, 0.29) is 0 Å². The Kier molecular flexibility index (Phi) is 6.21. The molecule has 5 aromatic rings. The van der Waals surface area contributed by atoms with Crippen molar-refractivity contribution in [3.05, 3.63) is 152 Å². The number of hydrogen-bond acceptors (Lipinski definition) is 0. The average molecular weight is 489 g/mol. The van der Waals surface area contributed by atoms with E-state index >= 15 is 0 Å². The fourth-order valence-corrected chi connectivity index (χ4v) is 25.9. The monoisotopic (exact) mass is 488 g/mol. The molecule has 0 spiro atoms. The third kappa shape index (κ3) is 3.79. The van der Waals surface area contributed by atoms with Gasteiger partial charge in [-0.25, -0.2) is 0 Å². The molecule has 154 valence electrons. The van der Waals surface area contributed by atoms with Crippen LogP contribution in [0.25, 0.3) is 0 Å². The zero-order chi connectivity index (χ0) is 21.6. The molecular formula is C30H25AsSi. The summed E-state index contributed by atoms with van der Waals surface area (Å²) in [7, 11) is 0. The molecule has 0 radical (unpaired) electrons. The van der Waals surface area contributed by atoms with E-state index in [2.05, 4.69) is 152 Å². The molecule has 0 saturated heterocycles. The Bertz CT molecular complexity index is 1100. The van der Waals surface area contributed by atoms with Crippen molar-refractivity contribution in [2.75, 3.05) is 0 Å². The molecule has 0 aliphatic heterocycles. The summed E-state index contributed by atoms with van der Waals surface area (Å²) in [5, 5.41) is 4.47. The third-order valence-corrected chi connectivity index (χ3v) is 25.3. The van der Waals surface area contributed by atoms with Gasteiger partial charge in [0, 0.05) is 0 Å². The Morgan fingerprint density at radius 1 is 0.312 bits per heavy atom. The fourth-order valence-electron chi connectivity index (χ4n) is 4.62. The second kappa shape index (κ2) is 9.57. The topological polar surface area (TPSA) is 0 Å². The molecule has 32 heavy (non-hydrogen) atoms. The molecule has 0 atom stereocenters. The van der Waals surface area contributed by atoms with Gasteiger partial charge in [-0.3, -0.25) is 0 Å². The van der Waals surface area contributed by atoms with Gasteiger partial charge in [-0.15, -0.1) is 0 Å². The first-order chi connectivity index (χ1) is 15.9. The predicted octanol–water partition coefficient (Wildman–Crippen LogP) is 3.54. The maximum absolute atomic E-state index is 2.39. The molecule has 0 aromatic heterocycles. The van der Waals surface area contributed by atoms with E-state index in [4.69, 9.17) is 0 Å². The minimum atomic E-state index is -2.39. The number of rotatable bonds is 6. The molecule has 0 nitrogen and oxygen atoms in total. The van der Waals surface area contributed by atoms with Gasteiger partial charge in [-0.05, 0) is 0 Å².